The second-order valence-electron chi connectivity index (χ2n) is 4.75. The van der Waals surface area contributed by atoms with Crippen molar-refractivity contribution in [3.63, 3.8) is 0 Å². The van der Waals surface area contributed by atoms with Gasteiger partial charge in [0.15, 0.2) is 0 Å². The summed E-state index contributed by atoms with van der Waals surface area (Å²) in [5.74, 6) is -4.15. The van der Waals surface area contributed by atoms with Crippen LogP contribution in [-0.2, 0) is 19.2 Å². The summed E-state index contributed by atoms with van der Waals surface area (Å²) in [5.41, 5.74) is -0.605. The van der Waals surface area contributed by atoms with E-state index in [0.717, 1.165) is 4.90 Å². The van der Waals surface area contributed by atoms with Crippen LogP contribution in [0, 0.1) is 0 Å². The molecule has 0 aromatic rings. The summed E-state index contributed by atoms with van der Waals surface area (Å²) in [6.07, 6.45) is 1.36. The molecule has 1 fully saturated rings. The molecule has 0 aromatic carbocycles. The minimum absolute atomic E-state index is 0.183. The van der Waals surface area contributed by atoms with Crippen molar-refractivity contribution in [2.24, 2.45) is 5.16 Å². The van der Waals surface area contributed by atoms with Crippen molar-refractivity contribution in [1.82, 2.24) is 10.2 Å². The highest BCUT2D eigenvalue weighted by molar-refractivity contribution is 8.00. The molecule has 2 rings (SSSR count). The van der Waals surface area contributed by atoms with Gasteiger partial charge in [0, 0.05) is 5.75 Å². The number of hydrogen-bond acceptors (Lipinski definition) is 7. The number of carboxylic acid groups (broad SMARTS) is 1. The van der Waals surface area contributed by atoms with Crippen LogP contribution >= 0.6 is 23.4 Å². The number of ketones is 1. The number of alkyl halides is 1. The lowest BCUT2D eigenvalue weighted by Gasteiger charge is -2.49. The van der Waals surface area contributed by atoms with Crippen molar-refractivity contribution in [3.8, 4) is 0 Å². The Morgan fingerprint density at radius 3 is 2.67 bits per heavy atom. The van der Waals surface area contributed by atoms with E-state index in [1.54, 1.807) is 0 Å². The van der Waals surface area contributed by atoms with Crippen LogP contribution in [0.4, 0.5) is 0 Å². The molecule has 3 N–H and O–H groups in total. The van der Waals surface area contributed by atoms with E-state index in [1.165, 1.54) is 17.8 Å². The fourth-order valence-corrected chi connectivity index (χ4v) is 3.77. The molecule has 0 radical (unpaired) electrons. The molecule has 0 aromatic heterocycles. The molecule has 0 bridgehead atoms. The average Bonchev–Trinajstić information content (AvgIpc) is 2.58. The Hall–Kier alpha value is -2.33. The van der Waals surface area contributed by atoms with Gasteiger partial charge in [-0.1, -0.05) is 17.8 Å². The average molecular weight is 374 g/mol. The minimum atomic E-state index is -1.27. The monoisotopic (exact) mass is 373 g/mol. The number of thioether (sulfide) groups is 1. The largest absolute Gasteiger partial charge is 0.477 e. The highest BCUT2D eigenvalue weighted by Crippen LogP contribution is 2.40. The van der Waals surface area contributed by atoms with Crippen LogP contribution in [0.15, 0.2) is 29.1 Å². The number of fused-ring (bicyclic) bond motifs is 1. The zero-order chi connectivity index (χ0) is 18.0. The number of nitrogens with zero attached hydrogens (tertiary/aromatic N) is 2. The molecular weight excluding hydrogens is 362 g/mol. The molecule has 11 heteroatoms. The van der Waals surface area contributed by atoms with Gasteiger partial charge in [0.05, 0.1) is 5.88 Å². The summed E-state index contributed by atoms with van der Waals surface area (Å²) in [6.45, 7) is 3.52. The Balaban J connectivity index is 2.18. The standard InChI is InChI=1S/C13H12ClN3O6S/c1-2-5-4-24-12-8(11(20)17(12)9(5)13(21)22)15-10(19)7(16-23)6(18)3-14/h2,8,12,23H,1,3-4H2,(H,15,19)(H,21,22)/t8?,12-/m0/s1. The maximum absolute atomic E-state index is 12.2. The minimum Gasteiger partial charge on any atom is -0.477 e. The van der Waals surface area contributed by atoms with E-state index in [9.17, 15) is 24.3 Å². The van der Waals surface area contributed by atoms with Gasteiger partial charge in [-0.2, -0.15) is 0 Å². The Morgan fingerprint density at radius 2 is 2.17 bits per heavy atom. The van der Waals surface area contributed by atoms with E-state index in [4.69, 9.17) is 16.8 Å². The number of halogens is 1. The molecule has 1 saturated heterocycles. The van der Waals surface area contributed by atoms with E-state index < -0.39 is 46.6 Å². The number of amides is 2. The molecule has 128 valence electrons. The van der Waals surface area contributed by atoms with Gasteiger partial charge in [0.1, 0.15) is 17.1 Å². The predicted molar refractivity (Wildman–Crippen MR) is 84.8 cm³/mol. The van der Waals surface area contributed by atoms with Crippen LogP contribution in [0.5, 0.6) is 0 Å². The Kier molecular flexibility index (Phi) is 5.30. The summed E-state index contributed by atoms with van der Waals surface area (Å²) >= 11 is 6.54. The van der Waals surface area contributed by atoms with Crippen molar-refractivity contribution in [2.75, 3.05) is 11.6 Å². The molecular formula is C13H12ClN3O6S. The fourth-order valence-electron chi connectivity index (χ4n) is 2.30. The SMILES string of the molecule is C=CC1=C(C(=O)O)N2C(=O)C(NC(=O)C(=NO)C(=O)CCl)[C@@H]2SC1. The zero-order valence-corrected chi connectivity index (χ0v) is 13.6. The van der Waals surface area contributed by atoms with Gasteiger partial charge in [0.2, 0.25) is 11.5 Å². The Morgan fingerprint density at radius 1 is 1.50 bits per heavy atom. The lowest BCUT2D eigenvalue weighted by molar-refractivity contribution is -0.150. The maximum Gasteiger partial charge on any atom is 0.352 e. The molecule has 2 aliphatic heterocycles. The molecule has 0 aliphatic carbocycles. The molecule has 2 heterocycles. The molecule has 0 saturated carbocycles. The van der Waals surface area contributed by atoms with E-state index >= 15 is 0 Å². The molecule has 0 spiro atoms. The van der Waals surface area contributed by atoms with Gasteiger partial charge in [0.25, 0.3) is 11.8 Å². The van der Waals surface area contributed by atoms with E-state index in [1.807, 2.05) is 0 Å². The van der Waals surface area contributed by atoms with Gasteiger partial charge in [-0.25, -0.2) is 4.79 Å². The number of oxime groups is 1. The number of aliphatic carboxylic acids is 1. The topological polar surface area (TPSA) is 136 Å². The number of nitrogens with one attached hydrogen (secondary N) is 1. The van der Waals surface area contributed by atoms with Gasteiger partial charge in [-0.05, 0) is 5.57 Å². The summed E-state index contributed by atoms with van der Waals surface area (Å²) in [7, 11) is 0. The Labute approximate surface area is 145 Å². The van der Waals surface area contributed by atoms with E-state index in [0.29, 0.717) is 11.3 Å². The third-order valence-electron chi connectivity index (χ3n) is 3.43. The van der Waals surface area contributed by atoms with Crippen LogP contribution in [0.3, 0.4) is 0 Å². The number of β-lactam (4-membered cyclic amide) rings is 1. The smallest absolute Gasteiger partial charge is 0.352 e. The van der Waals surface area contributed by atoms with Gasteiger partial charge in [-0.15, -0.1) is 23.4 Å². The van der Waals surface area contributed by atoms with Crippen LogP contribution in [0.2, 0.25) is 0 Å². The zero-order valence-electron chi connectivity index (χ0n) is 12.1. The first-order valence-electron chi connectivity index (χ1n) is 6.53. The number of carboxylic acids is 1. The summed E-state index contributed by atoms with van der Waals surface area (Å²) in [6, 6.07) is -1.04. The number of Topliss-reactive ketones (excluding diaryl/α,β-unsaturated/α-hetero) is 1. The van der Waals surface area contributed by atoms with Gasteiger partial charge < -0.3 is 15.6 Å². The van der Waals surface area contributed by atoms with Gasteiger partial charge in [-0.3, -0.25) is 19.3 Å². The third kappa shape index (κ3) is 2.89. The summed E-state index contributed by atoms with van der Waals surface area (Å²) in [5, 5.41) is 22.2. The van der Waals surface area contributed by atoms with Crippen LogP contribution in [-0.4, -0.2) is 67.5 Å². The Bertz CT molecular complexity index is 704. The molecule has 1 unspecified atom stereocenters. The first-order chi connectivity index (χ1) is 11.4. The van der Waals surface area contributed by atoms with Crippen molar-refractivity contribution in [2.45, 2.75) is 11.4 Å². The van der Waals surface area contributed by atoms with Crippen molar-refractivity contribution < 1.29 is 29.5 Å². The van der Waals surface area contributed by atoms with Crippen LogP contribution in [0.25, 0.3) is 0 Å². The third-order valence-corrected chi connectivity index (χ3v) is 4.98. The number of allylic oxidation sites excluding steroid dienone is 1. The van der Waals surface area contributed by atoms with E-state index in [-0.39, 0.29) is 5.70 Å². The number of hydrogen-bond donors (Lipinski definition) is 3. The van der Waals surface area contributed by atoms with Crippen molar-refractivity contribution in [3.05, 3.63) is 23.9 Å². The highest BCUT2D eigenvalue weighted by Gasteiger charge is 2.54. The van der Waals surface area contributed by atoms with Crippen LogP contribution < -0.4 is 5.32 Å². The predicted octanol–water partition coefficient (Wildman–Crippen LogP) is -0.451. The molecule has 2 atom stereocenters. The van der Waals surface area contributed by atoms with Crippen molar-refractivity contribution in [1.29, 1.82) is 0 Å². The lowest BCUT2D eigenvalue weighted by atomic mass is 10.0. The van der Waals surface area contributed by atoms with Gasteiger partial charge >= 0.3 is 5.97 Å². The van der Waals surface area contributed by atoms with Crippen LogP contribution in [0.1, 0.15) is 0 Å². The first kappa shape index (κ1) is 18.0. The molecule has 2 amide bonds. The fraction of sp³-hybridized carbons (Fsp3) is 0.308. The molecule has 24 heavy (non-hydrogen) atoms. The summed E-state index contributed by atoms with van der Waals surface area (Å²) in [4.78, 5) is 47.9. The number of carbonyl (C=O) groups is 4. The highest BCUT2D eigenvalue weighted by atomic mass is 35.5. The van der Waals surface area contributed by atoms with E-state index in [2.05, 4.69) is 17.1 Å². The second kappa shape index (κ2) is 7.05. The number of rotatable bonds is 6. The quantitative estimate of drug-likeness (QED) is 0.143. The first-order valence-corrected chi connectivity index (χ1v) is 8.11. The maximum atomic E-state index is 12.2. The lowest BCUT2D eigenvalue weighted by Crippen LogP contribution is -2.71. The molecule has 9 nitrogen and oxygen atoms in total. The van der Waals surface area contributed by atoms with Crippen molar-refractivity contribution >= 4 is 52.6 Å². The molecule has 2 aliphatic rings. The summed E-state index contributed by atoms with van der Waals surface area (Å²) < 4.78 is 0. The normalized spacial score (nSPS) is 23.3. The number of carbonyl (C=O) groups excluding carboxylic acids is 3. The second-order valence-corrected chi connectivity index (χ2v) is 6.12.